The SMILES string of the molecule is Cc1ccn2c(NCc3ccccc3)c(-c3cccc(OS(=O)(=O)c4ccc(C(C)(C)C)cc4)c3)nc2c1. The number of benzene rings is 3. The van der Waals surface area contributed by atoms with Gasteiger partial charge in [-0.1, -0.05) is 75.4 Å². The molecule has 0 spiro atoms. The first kappa shape index (κ1) is 25.5. The van der Waals surface area contributed by atoms with Gasteiger partial charge in [0.05, 0.1) is 0 Å². The Kier molecular flexibility index (Phi) is 6.71. The number of fused-ring (bicyclic) bond motifs is 1. The van der Waals surface area contributed by atoms with Crippen LogP contribution in [-0.4, -0.2) is 17.8 Å². The molecule has 0 atom stereocenters. The summed E-state index contributed by atoms with van der Waals surface area (Å²) in [4.78, 5) is 5.00. The highest BCUT2D eigenvalue weighted by atomic mass is 32.2. The minimum absolute atomic E-state index is 0.0730. The molecule has 3 aromatic carbocycles. The summed E-state index contributed by atoms with van der Waals surface area (Å²) in [6, 6.07) is 28.1. The summed E-state index contributed by atoms with van der Waals surface area (Å²) in [6.45, 7) is 8.90. The van der Waals surface area contributed by atoms with E-state index in [1.165, 1.54) is 0 Å². The number of nitrogens with zero attached hydrogens (tertiary/aromatic N) is 2. The summed E-state index contributed by atoms with van der Waals surface area (Å²) in [5.74, 6) is 1.05. The van der Waals surface area contributed by atoms with Crippen molar-refractivity contribution in [3.8, 4) is 17.0 Å². The molecule has 5 aromatic rings. The quantitative estimate of drug-likeness (QED) is 0.232. The van der Waals surface area contributed by atoms with Gasteiger partial charge in [-0.05, 0) is 65.4 Å². The molecule has 1 N–H and O–H groups in total. The van der Waals surface area contributed by atoms with Crippen LogP contribution >= 0.6 is 0 Å². The number of aromatic nitrogens is 2. The number of hydrogen-bond donors (Lipinski definition) is 1. The van der Waals surface area contributed by atoms with Crippen LogP contribution in [0.15, 0.2) is 102 Å². The molecule has 194 valence electrons. The Morgan fingerprint density at radius 3 is 2.34 bits per heavy atom. The van der Waals surface area contributed by atoms with Crippen molar-refractivity contribution in [3.05, 3.63) is 114 Å². The minimum Gasteiger partial charge on any atom is -0.379 e. The number of nitrogens with one attached hydrogen (secondary N) is 1. The second-order valence-electron chi connectivity index (χ2n) is 10.4. The molecule has 2 heterocycles. The molecule has 38 heavy (non-hydrogen) atoms. The van der Waals surface area contributed by atoms with E-state index in [1.54, 1.807) is 30.3 Å². The van der Waals surface area contributed by atoms with Gasteiger partial charge in [0.1, 0.15) is 27.8 Å². The smallest absolute Gasteiger partial charge is 0.339 e. The van der Waals surface area contributed by atoms with Gasteiger partial charge in [0.25, 0.3) is 0 Å². The average Bonchev–Trinajstić information content (AvgIpc) is 3.25. The lowest BCUT2D eigenvalue weighted by Gasteiger charge is -2.19. The Labute approximate surface area is 224 Å². The van der Waals surface area contributed by atoms with Crippen LogP contribution < -0.4 is 9.50 Å². The van der Waals surface area contributed by atoms with Gasteiger partial charge in [-0.2, -0.15) is 8.42 Å². The standard InChI is InChI=1S/C31H31N3O3S/c1-22-17-18-34-28(19-22)33-29(30(34)32-21-23-9-6-5-7-10-23)24-11-8-12-26(20-24)37-38(35,36)27-15-13-25(14-16-27)31(2,3)4/h5-20,32H,21H2,1-4H3. The normalized spacial score (nSPS) is 12.0. The molecule has 0 amide bonds. The molecule has 6 nitrogen and oxygen atoms in total. The molecule has 7 heteroatoms. The molecular formula is C31H31N3O3S. The zero-order valence-electron chi connectivity index (χ0n) is 22.0. The number of rotatable bonds is 7. The molecule has 0 fully saturated rings. The number of pyridine rings is 1. The Balaban J connectivity index is 1.47. The Bertz CT molecular complexity index is 1680. The van der Waals surface area contributed by atoms with Gasteiger partial charge in [-0.3, -0.25) is 4.40 Å². The first-order chi connectivity index (χ1) is 18.1. The molecular weight excluding hydrogens is 494 g/mol. The van der Waals surface area contributed by atoms with E-state index in [-0.39, 0.29) is 16.1 Å². The van der Waals surface area contributed by atoms with Gasteiger partial charge in [0.15, 0.2) is 0 Å². The van der Waals surface area contributed by atoms with Crippen molar-refractivity contribution in [1.82, 2.24) is 9.38 Å². The maximum Gasteiger partial charge on any atom is 0.339 e. The fourth-order valence-corrected chi connectivity index (χ4v) is 5.21. The molecule has 0 saturated carbocycles. The number of imidazole rings is 1. The van der Waals surface area contributed by atoms with Crippen molar-refractivity contribution < 1.29 is 12.6 Å². The van der Waals surface area contributed by atoms with Crippen LogP contribution in [0.1, 0.15) is 37.5 Å². The van der Waals surface area contributed by atoms with Crippen molar-refractivity contribution in [2.75, 3.05) is 5.32 Å². The predicted molar refractivity (Wildman–Crippen MR) is 152 cm³/mol. The van der Waals surface area contributed by atoms with Gasteiger partial charge >= 0.3 is 10.1 Å². The van der Waals surface area contributed by atoms with E-state index in [4.69, 9.17) is 9.17 Å². The average molecular weight is 526 g/mol. The highest BCUT2D eigenvalue weighted by Gasteiger charge is 2.21. The van der Waals surface area contributed by atoms with Crippen LogP contribution in [-0.2, 0) is 22.1 Å². The first-order valence-corrected chi connectivity index (χ1v) is 13.9. The zero-order chi connectivity index (χ0) is 26.9. The van der Waals surface area contributed by atoms with Gasteiger partial charge in [0, 0.05) is 18.3 Å². The minimum atomic E-state index is -4.00. The van der Waals surface area contributed by atoms with Crippen molar-refractivity contribution in [2.24, 2.45) is 0 Å². The summed E-state index contributed by atoms with van der Waals surface area (Å²) in [5.41, 5.74) is 5.48. The van der Waals surface area contributed by atoms with Gasteiger partial charge in [-0.25, -0.2) is 4.98 Å². The second-order valence-corrected chi connectivity index (χ2v) is 12.0. The number of anilines is 1. The van der Waals surface area contributed by atoms with Crippen LogP contribution in [0.4, 0.5) is 5.82 Å². The molecule has 0 saturated heterocycles. The summed E-state index contributed by atoms with van der Waals surface area (Å²) in [5, 5.41) is 3.52. The number of aryl methyl sites for hydroxylation is 1. The van der Waals surface area contributed by atoms with Gasteiger partial charge in [-0.15, -0.1) is 0 Å². The molecule has 2 aromatic heterocycles. The maximum atomic E-state index is 13.1. The van der Waals surface area contributed by atoms with Crippen LogP contribution in [0.3, 0.4) is 0 Å². The van der Waals surface area contributed by atoms with E-state index in [1.807, 2.05) is 66.1 Å². The molecule has 0 aliphatic rings. The highest BCUT2D eigenvalue weighted by Crippen LogP contribution is 2.33. The number of hydrogen-bond acceptors (Lipinski definition) is 5. The summed E-state index contributed by atoms with van der Waals surface area (Å²) >= 11 is 0. The first-order valence-electron chi connectivity index (χ1n) is 12.5. The molecule has 0 unspecified atom stereocenters. The lowest BCUT2D eigenvalue weighted by molar-refractivity contribution is 0.486. The monoisotopic (exact) mass is 525 g/mol. The van der Waals surface area contributed by atoms with Crippen molar-refractivity contribution >= 4 is 21.6 Å². The van der Waals surface area contributed by atoms with E-state index in [0.29, 0.717) is 12.2 Å². The molecule has 0 aliphatic heterocycles. The fraction of sp³-hybridized carbons (Fsp3) is 0.194. The third-order valence-electron chi connectivity index (χ3n) is 6.41. The van der Waals surface area contributed by atoms with Crippen molar-refractivity contribution in [3.63, 3.8) is 0 Å². The van der Waals surface area contributed by atoms with Crippen LogP contribution in [0, 0.1) is 6.92 Å². The molecule has 5 rings (SSSR count). The Hall–Kier alpha value is -4.10. The molecule has 0 aliphatic carbocycles. The third-order valence-corrected chi connectivity index (χ3v) is 7.67. The zero-order valence-corrected chi connectivity index (χ0v) is 22.8. The van der Waals surface area contributed by atoms with E-state index >= 15 is 0 Å². The lowest BCUT2D eigenvalue weighted by atomic mass is 9.87. The molecule has 0 radical (unpaired) electrons. The summed E-state index contributed by atoms with van der Waals surface area (Å²) in [7, 11) is -4.00. The van der Waals surface area contributed by atoms with Gasteiger partial charge in [0.2, 0.25) is 0 Å². The third kappa shape index (κ3) is 5.43. The molecule has 0 bridgehead atoms. The van der Waals surface area contributed by atoms with E-state index in [0.717, 1.165) is 33.7 Å². The van der Waals surface area contributed by atoms with Crippen LogP contribution in [0.2, 0.25) is 0 Å². The van der Waals surface area contributed by atoms with Crippen molar-refractivity contribution in [1.29, 1.82) is 0 Å². The summed E-state index contributed by atoms with van der Waals surface area (Å²) in [6.07, 6.45) is 1.99. The fourth-order valence-electron chi connectivity index (χ4n) is 4.29. The van der Waals surface area contributed by atoms with Gasteiger partial charge < -0.3 is 9.50 Å². The second kappa shape index (κ2) is 9.99. The van der Waals surface area contributed by atoms with E-state index in [2.05, 4.69) is 38.2 Å². The van der Waals surface area contributed by atoms with Crippen molar-refractivity contribution in [2.45, 2.75) is 44.6 Å². The highest BCUT2D eigenvalue weighted by molar-refractivity contribution is 7.87. The summed E-state index contributed by atoms with van der Waals surface area (Å²) < 4.78 is 33.7. The topological polar surface area (TPSA) is 72.7 Å². The lowest BCUT2D eigenvalue weighted by Crippen LogP contribution is -2.13. The predicted octanol–water partition coefficient (Wildman–Crippen LogP) is 6.99. The van der Waals surface area contributed by atoms with E-state index in [9.17, 15) is 8.42 Å². The van der Waals surface area contributed by atoms with E-state index < -0.39 is 10.1 Å². The maximum absolute atomic E-state index is 13.1. The van der Waals surface area contributed by atoms with Crippen LogP contribution in [0.25, 0.3) is 16.9 Å². The largest absolute Gasteiger partial charge is 0.379 e. The van der Waals surface area contributed by atoms with Crippen LogP contribution in [0.5, 0.6) is 5.75 Å². The Morgan fingerprint density at radius 1 is 0.895 bits per heavy atom. The Morgan fingerprint density at radius 2 is 1.63 bits per heavy atom.